The molecular weight excluding hydrogens is 327 g/mol. The number of hydrogen-bond donors (Lipinski definition) is 0. The summed E-state index contributed by atoms with van der Waals surface area (Å²) in [7, 11) is 0. The molecule has 1 unspecified atom stereocenters. The van der Waals surface area contributed by atoms with Gasteiger partial charge in [-0.05, 0) is 46.0 Å². The van der Waals surface area contributed by atoms with E-state index in [2.05, 4.69) is 0 Å². The molecule has 136 valence electrons. The molecule has 24 heavy (non-hydrogen) atoms. The van der Waals surface area contributed by atoms with E-state index in [4.69, 9.17) is 4.74 Å². The number of hydrogen-bond acceptors (Lipinski definition) is 4. The Kier molecular flexibility index (Phi) is 4.48. The maximum atomic E-state index is 13.2. The Labute approximate surface area is 138 Å². The molecule has 5 nitrogen and oxygen atoms in total. The van der Waals surface area contributed by atoms with Gasteiger partial charge in [0.2, 0.25) is 5.91 Å². The van der Waals surface area contributed by atoms with Gasteiger partial charge in [-0.25, -0.2) is 9.69 Å². The second kappa shape index (κ2) is 5.74. The third kappa shape index (κ3) is 3.42. The zero-order valence-corrected chi connectivity index (χ0v) is 14.2. The Balaban J connectivity index is 2.21. The van der Waals surface area contributed by atoms with Gasteiger partial charge in [0.15, 0.2) is 5.78 Å². The van der Waals surface area contributed by atoms with Crippen LogP contribution in [-0.2, 0) is 14.3 Å². The normalized spacial score (nSPS) is 27.0. The lowest BCUT2D eigenvalue weighted by molar-refractivity contribution is -0.194. The number of alkyl halides is 3. The smallest absolute Gasteiger partial charge is 0.417 e. The predicted molar refractivity (Wildman–Crippen MR) is 77.9 cm³/mol. The summed E-state index contributed by atoms with van der Waals surface area (Å²) >= 11 is 0. The molecule has 0 N–H and O–H groups in total. The molecule has 1 saturated carbocycles. The van der Waals surface area contributed by atoms with Crippen LogP contribution in [0.1, 0.15) is 47.0 Å². The monoisotopic (exact) mass is 349 g/mol. The maximum absolute atomic E-state index is 13.2. The molecule has 1 heterocycles. The van der Waals surface area contributed by atoms with E-state index in [1.165, 1.54) is 0 Å². The second-order valence-electron chi connectivity index (χ2n) is 7.77. The van der Waals surface area contributed by atoms with Crippen LogP contribution in [0.4, 0.5) is 18.0 Å². The van der Waals surface area contributed by atoms with Gasteiger partial charge in [-0.3, -0.25) is 9.59 Å². The zero-order valence-electron chi connectivity index (χ0n) is 14.2. The Bertz CT molecular complexity index is 561. The molecule has 2 aliphatic rings. The van der Waals surface area contributed by atoms with Crippen LogP contribution in [0.3, 0.4) is 0 Å². The molecular formula is C16H22F3NO4. The minimum Gasteiger partial charge on any atom is -0.443 e. The zero-order chi connectivity index (χ0) is 18.5. The fourth-order valence-corrected chi connectivity index (χ4v) is 3.00. The number of nitrogens with zero attached hydrogens (tertiary/aromatic N) is 1. The average molecular weight is 349 g/mol. The standard InChI is InChI=1S/C16H22F3NO4/c1-9-7-10(11(21)15(5-6-15)16(17,18)19)12(22)20(8-9)13(23)24-14(2,3)4/h9-10H,5-8H2,1-4H3/t9-,10?/m0/s1. The molecule has 0 bridgehead atoms. The minimum absolute atomic E-state index is 0.0226. The van der Waals surface area contributed by atoms with Crippen LogP contribution >= 0.6 is 0 Å². The summed E-state index contributed by atoms with van der Waals surface area (Å²) in [5, 5.41) is 0. The van der Waals surface area contributed by atoms with Crippen LogP contribution in [0.15, 0.2) is 0 Å². The lowest BCUT2D eigenvalue weighted by Crippen LogP contribution is -2.53. The fraction of sp³-hybridized carbons (Fsp3) is 0.812. The van der Waals surface area contributed by atoms with E-state index < -0.39 is 40.9 Å². The average Bonchev–Trinajstić information content (AvgIpc) is 3.19. The van der Waals surface area contributed by atoms with Crippen molar-refractivity contribution < 1.29 is 32.3 Å². The van der Waals surface area contributed by atoms with Crippen LogP contribution in [0, 0.1) is 17.3 Å². The Morgan fingerprint density at radius 3 is 2.17 bits per heavy atom. The molecule has 2 atom stereocenters. The highest BCUT2D eigenvalue weighted by molar-refractivity contribution is 6.09. The van der Waals surface area contributed by atoms with E-state index in [0.29, 0.717) is 0 Å². The highest BCUT2D eigenvalue weighted by Crippen LogP contribution is 2.59. The summed E-state index contributed by atoms with van der Waals surface area (Å²) in [4.78, 5) is 37.8. The summed E-state index contributed by atoms with van der Waals surface area (Å²) in [6.07, 6.45) is -6.15. The predicted octanol–water partition coefficient (Wildman–Crippen LogP) is 3.32. The number of imide groups is 1. The molecule has 0 aromatic rings. The highest BCUT2D eigenvalue weighted by Gasteiger charge is 2.70. The topological polar surface area (TPSA) is 63.7 Å². The van der Waals surface area contributed by atoms with Gasteiger partial charge in [-0.1, -0.05) is 6.92 Å². The van der Waals surface area contributed by atoms with Crippen molar-refractivity contribution in [2.24, 2.45) is 17.3 Å². The van der Waals surface area contributed by atoms with Crippen molar-refractivity contribution in [1.82, 2.24) is 4.90 Å². The van der Waals surface area contributed by atoms with Gasteiger partial charge < -0.3 is 4.74 Å². The summed E-state index contributed by atoms with van der Waals surface area (Å²) in [6, 6.07) is 0. The second-order valence-corrected chi connectivity index (χ2v) is 7.77. The molecule has 1 saturated heterocycles. The molecule has 0 spiro atoms. The van der Waals surface area contributed by atoms with E-state index in [1.54, 1.807) is 27.7 Å². The van der Waals surface area contributed by atoms with Crippen molar-refractivity contribution in [2.45, 2.75) is 58.7 Å². The van der Waals surface area contributed by atoms with Crippen molar-refractivity contribution >= 4 is 17.8 Å². The highest BCUT2D eigenvalue weighted by atomic mass is 19.4. The summed E-state index contributed by atoms with van der Waals surface area (Å²) < 4.78 is 44.6. The molecule has 8 heteroatoms. The first-order valence-corrected chi connectivity index (χ1v) is 7.94. The van der Waals surface area contributed by atoms with Crippen molar-refractivity contribution in [3.05, 3.63) is 0 Å². The number of Topliss-reactive ketones (excluding diaryl/α,β-unsaturated/α-hetero) is 1. The van der Waals surface area contributed by atoms with Crippen LogP contribution < -0.4 is 0 Å². The molecule has 2 fully saturated rings. The van der Waals surface area contributed by atoms with Gasteiger partial charge in [0, 0.05) is 6.54 Å². The van der Waals surface area contributed by atoms with Crippen LogP contribution in [0.25, 0.3) is 0 Å². The quantitative estimate of drug-likeness (QED) is 0.718. The van der Waals surface area contributed by atoms with E-state index >= 15 is 0 Å². The Morgan fingerprint density at radius 1 is 1.21 bits per heavy atom. The lowest BCUT2D eigenvalue weighted by atomic mass is 9.80. The van der Waals surface area contributed by atoms with Crippen molar-refractivity contribution in [3.63, 3.8) is 0 Å². The summed E-state index contributed by atoms with van der Waals surface area (Å²) in [6.45, 7) is 6.59. The number of amides is 2. The van der Waals surface area contributed by atoms with Gasteiger partial charge in [0.05, 0.1) is 5.92 Å². The number of ether oxygens (including phenoxy) is 1. The molecule has 1 aliphatic carbocycles. The number of rotatable bonds is 2. The lowest BCUT2D eigenvalue weighted by Gasteiger charge is -2.36. The van der Waals surface area contributed by atoms with Gasteiger partial charge in [-0.2, -0.15) is 13.2 Å². The number of ketones is 1. The van der Waals surface area contributed by atoms with Crippen LogP contribution in [0.2, 0.25) is 0 Å². The molecule has 2 amide bonds. The first-order valence-electron chi connectivity index (χ1n) is 7.94. The fourth-order valence-electron chi connectivity index (χ4n) is 3.00. The number of likely N-dealkylation sites (tertiary alicyclic amines) is 1. The van der Waals surface area contributed by atoms with E-state index in [9.17, 15) is 27.6 Å². The van der Waals surface area contributed by atoms with Crippen LogP contribution in [0.5, 0.6) is 0 Å². The van der Waals surface area contributed by atoms with Gasteiger partial charge in [0.1, 0.15) is 11.0 Å². The van der Waals surface area contributed by atoms with Crippen molar-refractivity contribution in [1.29, 1.82) is 0 Å². The molecule has 0 radical (unpaired) electrons. The third-order valence-corrected chi connectivity index (χ3v) is 4.39. The molecule has 2 rings (SSSR count). The van der Waals surface area contributed by atoms with Gasteiger partial charge in [-0.15, -0.1) is 0 Å². The largest absolute Gasteiger partial charge is 0.443 e. The SMILES string of the molecule is C[C@H]1CC(C(=O)C2(C(F)(F)F)CC2)C(=O)N(C(=O)OC(C)(C)C)C1. The van der Waals surface area contributed by atoms with E-state index in [0.717, 1.165) is 4.90 Å². The van der Waals surface area contributed by atoms with Gasteiger partial charge >= 0.3 is 12.3 Å². The Morgan fingerprint density at radius 2 is 1.75 bits per heavy atom. The third-order valence-electron chi connectivity index (χ3n) is 4.39. The van der Waals surface area contributed by atoms with E-state index in [-0.39, 0.29) is 31.7 Å². The number of carbonyl (C=O) groups excluding carboxylic acids is 3. The number of halogens is 3. The van der Waals surface area contributed by atoms with Crippen LogP contribution in [-0.4, -0.2) is 41.0 Å². The first kappa shape index (κ1) is 18.7. The number of carbonyl (C=O) groups is 3. The first-order chi connectivity index (χ1) is 10.8. The summed E-state index contributed by atoms with van der Waals surface area (Å²) in [5.41, 5.74) is -3.26. The van der Waals surface area contributed by atoms with Gasteiger partial charge in [0.25, 0.3) is 0 Å². The molecule has 0 aromatic heterocycles. The molecule has 1 aliphatic heterocycles. The Hall–Kier alpha value is -1.60. The maximum Gasteiger partial charge on any atom is 0.417 e. The summed E-state index contributed by atoms with van der Waals surface area (Å²) in [5.74, 6) is -3.71. The number of piperidine rings is 1. The molecule has 0 aromatic carbocycles. The minimum atomic E-state index is -4.66. The van der Waals surface area contributed by atoms with Crippen molar-refractivity contribution in [3.8, 4) is 0 Å². The van der Waals surface area contributed by atoms with E-state index in [1.807, 2.05) is 0 Å². The van der Waals surface area contributed by atoms with Crippen molar-refractivity contribution in [2.75, 3.05) is 6.54 Å².